The number of unbranched alkanes of at least 4 members (excludes halogenated alkanes) is 3. The van der Waals surface area contributed by atoms with Crippen molar-refractivity contribution in [3.05, 3.63) is 0 Å². The lowest BCUT2D eigenvalue weighted by Crippen LogP contribution is -2.31. The lowest BCUT2D eigenvalue weighted by Gasteiger charge is -2.21. The molecule has 20 heavy (non-hydrogen) atoms. The van der Waals surface area contributed by atoms with Crippen molar-refractivity contribution >= 4 is 0 Å². The highest BCUT2D eigenvalue weighted by molar-refractivity contribution is 4.58. The van der Waals surface area contributed by atoms with Crippen molar-refractivity contribution in [1.29, 1.82) is 0 Å². The highest BCUT2D eigenvalue weighted by atomic mass is 16.5. The van der Waals surface area contributed by atoms with Gasteiger partial charge in [0, 0.05) is 27.3 Å². The van der Waals surface area contributed by atoms with E-state index in [4.69, 9.17) is 9.47 Å². The van der Waals surface area contributed by atoms with Crippen LogP contribution in [0.1, 0.15) is 39.5 Å². The van der Waals surface area contributed by atoms with E-state index in [1.807, 2.05) is 0 Å². The predicted molar refractivity (Wildman–Crippen MR) is 86.4 cm³/mol. The molecule has 0 radical (unpaired) electrons. The highest BCUT2D eigenvalue weighted by Gasteiger charge is 2.03. The zero-order valence-electron chi connectivity index (χ0n) is 14.1. The Balaban J connectivity index is 3.42. The molecule has 0 saturated carbocycles. The van der Waals surface area contributed by atoms with E-state index in [1.54, 1.807) is 14.2 Å². The van der Waals surface area contributed by atoms with Gasteiger partial charge in [0.15, 0.2) is 0 Å². The lowest BCUT2D eigenvalue weighted by molar-refractivity contribution is 0.113. The van der Waals surface area contributed by atoms with Crippen LogP contribution in [0.2, 0.25) is 0 Å². The van der Waals surface area contributed by atoms with Crippen LogP contribution in [0.25, 0.3) is 0 Å². The highest BCUT2D eigenvalue weighted by Crippen LogP contribution is 2.02. The molecule has 0 saturated heterocycles. The molecular formula is C16H36N2O2. The van der Waals surface area contributed by atoms with Crippen LogP contribution in [0.5, 0.6) is 0 Å². The number of methoxy groups -OCH3 is 2. The van der Waals surface area contributed by atoms with Gasteiger partial charge >= 0.3 is 0 Å². The van der Waals surface area contributed by atoms with Crippen molar-refractivity contribution in [3.8, 4) is 0 Å². The summed E-state index contributed by atoms with van der Waals surface area (Å²) < 4.78 is 10.3. The molecule has 0 spiro atoms. The molecule has 0 unspecified atom stereocenters. The van der Waals surface area contributed by atoms with Crippen molar-refractivity contribution in [1.82, 2.24) is 10.2 Å². The minimum absolute atomic E-state index is 0.755. The van der Waals surface area contributed by atoms with Crippen LogP contribution in [0.4, 0.5) is 0 Å². The fraction of sp³-hybridized carbons (Fsp3) is 1.00. The van der Waals surface area contributed by atoms with Gasteiger partial charge in [-0.25, -0.2) is 0 Å². The number of ether oxygens (including phenoxy) is 2. The summed E-state index contributed by atoms with van der Waals surface area (Å²) in [5.74, 6) is 0.755. The molecule has 0 aromatic carbocycles. The standard InChI is InChI=1S/C16H36N2O2/c1-16(2)15-17-9-7-5-6-8-10-18(11-13-19-3)12-14-20-4/h16-17H,5-15H2,1-4H3. The second-order valence-electron chi connectivity index (χ2n) is 5.84. The summed E-state index contributed by atoms with van der Waals surface area (Å²) in [6.45, 7) is 11.6. The Labute approximate surface area is 126 Å². The van der Waals surface area contributed by atoms with E-state index in [1.165, 1.54) is 25.7 Å². The summed E-state index contributed by atoms with van der Waals surface area (Å²) in [5, 5.41) is 3.50. The van der Waals surface area contributed by atoms with Gasteiger partial charge in [-0.2, -0.15) is 0 Å². The van der Waals surface area contributed by atoms with Crippen LogP contribution >= 0.6 is 0 Å². The van der Waals surface area contributed by atoms with Crippen molar-refractivity contribution in [3.63, 3.8) is 0 Å². The molecule has 0 aliphatic rings. The van der Waals surface area contributed by atoms with Crippen LogP contribution in [0.3, 0.4) is 0 Å². The normalized spacial score (nSPS) is 11.7. The maximum atomic E-state index is 5.15. The Bertz CT molecular complexity index is 181. The van der Waals surface area contributed by atoms with E-state index in [0.717, 1.165) is 51.9 Å². The van der Waals surface area contributed by atoms with Crippen LogP contribution < -0.4 is 5.32 Å². The molecule has 0 aromatic heterocycles. The van der Waals surface area contributed by atoms with E-state index in [2.05, 4.69) is 24.1 Å². The number of hydrogen-bond donors (Lipinski definition) is 1. The Hall–Kier alpha value is -0.160. The van der Waals surface area contributed by atoms with E-state index in [0.29, 0.717) is 0 Å². The molecule has 0 aromatic rings. The van der Waals surface area contributed by atoms with Crippen molar-refractivity contribution in [2.24, 2.45) is 5.92 Å². The maximum Gasteiger partial charge on any atom is 0.0589 e. The summed E-state index contributed by atoms with van der Waals surface area (Å²) in [5.41, 5.74) is 0. The summed E-state index contributed by atoms with van der Waals surface area (Å²) >= 11 is 0. The Morgan fingerprint density at radius 1 is 0.850 bits per heavy atom. The van der Waals surface area contributed by atoms with Crippen LogP contribution in [0, 0.1) is 5.92 Å². The van der Waals surface area contributed by atoms with E-state index in [9.17, 15) is 0 Å². The molecule has 0 aliphatic heterocycles. The SMILES string of the molecule is COCCN(CCCCCCNCC(C)C)CCOC. The molecule has 1 N–H and O–H groups in total. The monoisotopic (exact) mass is 288 g/mol. The Kier molecular flexibility index (Phi) is 15.1. The molecular weight excluding hydrogens is 252 g/mol. The van der Waals surface area contributed by atoms with Crippen molar-refractivity contribution in [2.75, 3.05) is 60.2 Å². The van der Waals surface area contributed by atoms with Crippen LogP contribution in [0.15, 0.2) is 0 Å². The van der Waals surface area contributed by atoms with Crippen LogP contribution in [-0.4, -0.2) is 65.1 Å². The second kappa shape index (κ2) is 15.2. The molecule has 0 atom stereocenters. The third kappa shape index (κ3) is 14.3. The first-order valence-electron chi connectivity index (χ1n) is 8.11. The predicted octanol–water partition coefficient (Wildman–Crippen LogP) is 2.39. The molecule has 0 amide bonds. The molecule has 0 fully saturated rings. The molecule has 122 valence electrons. The number of rotatable bonds is 15. The minimum atomic E-state index is 0.755. The molecule has 0 bridgehead atoms. The van der Waals surface area contributed by atoms with E-state index in [-0.39, 0.29) is 0 Å². The first kappa shape index (κ1) is 19.8. The molecule has 0 heterocycles. The van der Waals surface area contributed by atoms with Gasteiger partial charge in [-0.05, 0) is 38.4 Å². The average Bonchev–Trinajstić information content (AvgIpc) is 2.43. The quantitative estimate of drug-likeness (QED) is 0.469. The third-order valence-corrected chi connectivity index (χ3v) is 3.35. The average molecular weight is 288 g/mol. The molecule has 4 heteroatoms. The summed E-state index contributed by atoms with van der Waals surface area (Å²) in [6, 6.07) is 0. The Morgan fingerprint density at radius 2 is 1.45 bits per heavy atom. The smallest absolute Gasteiger partial charge is 0.0589 e. The zero-order valence-corrected chi connectivity index (χ0v) is 14.1. The largest absolute Gasteiger partial charge is 0.383 e. The summed E-state index contributed by atoms with van der Waals surface area (Å²) in [7, 11) is 3.53. The fourth-order valence-corrected chi connectivity index (χ4v) is 2.11. The summed E-state index contributed by atoms with van der Waals surface area (Å²) in [4.78, 5) is 2.43. The Morgan fingerprint density at radius 3 is 2.00 bits per heavy atom. The minimum Gasteiger partial charge on any atom is -0.383 e. The van der Waals surface area contributed by atoms with Gasteiger partial charge < -0.3 is 14.8 Å². The van der Waals surface area contributed by atoms with Gasteiger partial charge in [-0.15, -0.1) is 0 Å². The van der Waals surface area contributed by atoms with Gasteiger partial charge in [0.05, 0.1) is 13.2 Å². The maximum absolute atomic E-state index is 5.15. The van der Waals surface area contributed by atoms with Gasteiger partial charge in [0.25, 0.3) is 0 Å². The zero-order chi connectivity index (χ0) is 15.1. The van der Waals surface area contributed by atoms with Crippen LogP contribution in [-0.2, 0) is 9.47 Å². The number of hydrogen-bond acceptors (Lipinski definition) is 4. The second-order valence-corrected chi connectivity index (χ2v) is 5.84. The van der Waals surface area contributed by atoms with Gasteiger partial charge in [0.2, 0.25) is 0 Å². The van der Waals surface area contributed by atoms with E-state index >= 15 is 0 Å². The van der Waals surface area contributed by atoms with Gasteiger partial charge in [0.1, 0.15) is 0 Å². The first-order valence-corrected chi connectivity index (χ1v) is 8.11. The fourth-order valence-electron chi connectivity index (χ4n) is 2.11. The molecule has 4 nitrogen and oxygen atoms in total. The van der Waals surface area contributed by atoms with E-state index < -0.39 is 0 Å². The summed E-state index contributed by atoms with van der Waals surface area (Å²) in [6.07, 6.45) is 5.22. The number of nitrogens with one attached hydrogen (secondary N) is 1. The van der Waals surface area contributed by atoms with Crippen molar-refractivity contribution in [2.45, 2.75) is 39.5 Å². The first-order chi connectivity index (χ1) is 9.70. The van der Waals surface area contributed by atoms with Crippen molar-refractivity contribution < 1.29 is 9.47 Å². The molecule has 0 aliphatic carbocycles. The molecule has 0 rings (SSSR count). The third-order valence-electron chi connectivity index (χ3n) is 3.35. The van der Waals surface area contributed by atoms with Gasteiger partial charge in [-0.3, -0.25) is 4.90 Å². The topological polar surface area (TPSA) is 33.7 Å². The lowest BCUT2D eigenvalue weighted by atomic mass is 10.1. The van der Waals surface area contributed by atoms with Gasteiger partial charge in [-0.1, -0.05) is 26.7 Å². The number of nitrogens with zero attached hydrogens (tertiary/aromatic N) is 1.